The van der Waals surface area contributed by atoms with E-state index < -0.39 is 10.0 Å². The Morgan fingerprint density at radius 1 is 1.27 bits per heavy atom. The predicted molar refractivity (Wildman–Crippen MR) is 102 cm³/mol. The lowest BCUT2D eigenvalue weighted by Gasteiger charge is -2.21. The monoisotopic (exact) mass is 379 g/mol. The fourth-order valence-electron chi connectivity index (χ4n) is 2.78. The normalized spacial score (nSPS) is 18.8. The summed E-state index contributed by atoms with van der Waals surface area (Å²) in [5.74, 6) is 6.00. The minimum absolute atomic E-state index is 0.149. The molecule has 0 aliphatic carbocycles. The van der Waals surface area contributed by atoms with Crippen molar-refractivity contribution >= 4 is 10.0 Å². The van der Waals surface area contributed by atoms with E-state index >= 15 is 0 Å². The molecule has 2 atom stereocenters. The second-order valence-electron chi connectivity index (χ2n) is 6.58. The molecule has 0 amide bonds. The number of hydrogen-bond acceptors (Lipinski definition) is 4. The van der Waals surface area contributed by atoms with Gasteiger partial charge in [0.15, 0.2) is 6.29 Å². The molecule has 144 valence electrons. The fourth-order valence-corrected chi connectivity index (χ4v) is 4.05. The van der Waals surface area contributed by atoms with E-state index in [-0.39, 0.29) is 17.2 Å². The number of benzene rings is 1. The molecule has 5 nitrogen and oxygen atoms in total. The van der Waals surface area contributed by atoms with Gasteiger partial charge in [-0.2, -0.15) is 0 Å². The average molecular weight is 380 g/mol. The molecule has 26 heavy (non-hydrogen) atoms. The van der Waals surface area contributed by atoms with Crippen molar-refractivity contribution in [3.8, 4) is 11.8 Å². The van der Waals surface area contributed by atoms with Gasteiger partial charge in [-0.3, -0.25) is 0 Å². The Bertz CT molecular complexity index is 698. The third-order valence-corrected chi connectivity index (χ3v) is 5.78. The van der Waals surface area contributed by atoms with Crippen LogP contribution in [0, 0.1) is 18.8 Å². The second kappa shape index (κ2) is 10.7. The maximum Gasteiger partial charge on any atom is 0.240 e. The van der Waals surface area contributed by atoms with Crippen LogP contribution in [0.25, 0.3) is 0 Å². The summed E-state index contributed by atoms with van der Waals surface area (Å²) in [6, 6.07) is 6.65. The number of rotatable bonds is 8. The summed E-state index contributed by atoms with van der Waals surface area (Å²) in [6.07, 6.45) is 5.07. The van der Waals surface area contributed by atoms with Crippen LogP contribution in [0.2, 0.25) is 0 Å². The van der Waals surface area contributed by atoms with Gasteiger partial charge in [-0.05, 0) is 44.7 Å². The zero-order chi connectivity index (χ0) is 18.8. The van der Waals surface area contributed by atoms with Gasteiger partial charge in [0.2, 0.25) is 10.0 Å². The van der Waals surface area contributed by atoms with Crippen molar-refractivity contribution in [3.05, 3.63) is 29.8 Å². The SMILES string of the molecule is CCC[C@@H](CC#CCOC1CCCCO1)NS(=O)(=O)c1ccc(C)cc1. The Labute approximate surface area is 157 Å². The van der Waals surface area contributed by atoms with E-state index in [4.69, 9.17) is 9.47 Å². The van der Waals surface area contributed by atoms with E-state index in [1.165, 1.54) is 0 Å². The van der Waals surface area contributed by atoms with Crippen LogP contribution in [0.5, 0.6) is 0 Å². The van der Waals surface area contributed by atoms with Crippen molar-refractivity contribution in [1.82, 2.24) is 4.72 Å². The van der Waals surface area contributed by atoms with E-state index in [1.54, 1.807) is 24.3 Å². The number of ether oxygens (including phenoxy) is 2. The summed E-state index contributed by atoms with van der Waals surface area (Å²) in [5.41, 5.74) is 1.03. The highest BCUT2D eigenvalue weighted by Gasteiger charge is 2.19. The van der Waals surface area contributed by atoms with Gasteiger partial charge in [-0.25, -0.2) is 13.1 Å². The van der Waals surface area contributed by atoms with Crippen LogP contribution in [0.4, 0.5) is 0 Å². The van der Waals surface area contributed by atoms with Gasteiger partial charge in [0, 0.05) is 19.1 Å². The van der Waals surface area contributed by atoms with Gasteiger partial charge in [0.25, 0.3) is 0 Å². The third kappa shape index (κ3) is 7.08. The molecule has 0 spiro atoms. The highest BCUT2D eigenvalue weighted by molar-refractivity contribution is 7.89. The quantitative estimate of drug-likeness (QED) is 0.703. The lowest BCUT2D eigenvalue weighted by Crippen LogP contribution is -2.34. The fraction of sp³-hybridized carbons (Fsp3) is 0.600. The maximum absolute atomic E-state index is 12.5. The number of nitrogens with one attached hydrogen (secondary N) is 1. The van der Waals surface area contributed by atoms with Gasteiger partial charge >= 0.3 is 0 Å². The molecular weight excluding hydrogens is 350 g/mol. The van der Waals surface area contributed by atoms with E-state index in [0.29, 0.717) is 13.0 Å². The molecule has 1 aromatic carbocycles. The van der Waals surface area contributed by atoms with Crippen LogP contribution in [-0.2, 0) is 19.5 Å². The molecule has 0 radical (unpaired) electrons. The predicted octanol–water partition coefficient (Wildman–Crippen LogP) is 3.38. The van der Waals surface area contributed by atoms with Crippen molar-refractivity contribution in [3.63, 3.8) is 0 Å². The summed E-state index contributed by atoms with van der Waals surface area (Å²) in [4.78, 5) is 0.287. The average Bonchev–Trinajstić information content (AvgIpc) is 2.62. The highest BCUT2D eigenvalue weighted by Crippen LogP contribution is 2.14. The lowest BCUT2D eigenvalue weighted by atomic mass is 10.1. The molecule has 1 aliphatic rings. The largest absolute Gasteiger partial charge is 0.353 e. The van der Waals surface area contributed by atoms with E-state index in [1.807, 2.05) is 13.8 Å². The van der Waals surface area contributed by atoms with Gasteiger partial charge < -0.3 is 9.47 Å². The lowest BCUT2D eigenvalue weighted by molar-refractivity contribution is -0.154. The van der Waals surface area contributed by atoms with Crippen LogP contribution in [0.15, 0.2) is 29.2 Å². The number of sulfonamides is 1. The van der Waals surface area contributed by atoms with Gasteiger partial charge in [-0.1, -0.05) is 42.9 Å². The molecule has 2 rings (SSSR count). The van der Waals surface area contributed by atoms with Crippen molar-refractivity contribution in [2.45, 2.75) is 69.6 Å². The Morgan fingerprint density at radius 3 is 2.69 bits per heavy atom. The van der Waals surface area contributed by atoms with Crippen molar-refractivity contribution in [1.29, 1.82) is 0 Å². The number of hydrogen-bond donors (Lipinski definition) is 1. The first-order chi connectivity index (χ1) is 12.5. The Hall–Kier alpha value is -1.39. The van der Waals surface area contributed by atoms with Crippen molar-refractivity contribution in [2.24, 2.45) is 0 Å². The van der Waals surface area contributed by atoms with Crippen LogP contribution < -0.4 is 4.72 Å². The second-order valence-corrected chi connectivity index (χ2v) is 8.30. The molecule has 1 aliphatic heterocycles. The van der Waals surface area contributed by atoms with Gasteiger partial charge in [0.05, 0.1) is 4.90 Å². The smallest absolute Gasteiger partial charge is 0.240 e. The van der Waals surface area contributed by atoms with Crippen LogP contribution in [-0.4, -0.2) is 34.0 Å². The van der Waals surface area contributed by atoms with Crippen molar-refractivity contribution in [2.75, 3.05) is 13.2 Å². The van der Waals surface area contributed by atoms with Gasteiger partial charge in [-0.15, -0.1) is 0 Å². The summed E-state index contributed by atoms with van der Waals surface area (Å²) in [6.45, 7) is 5.02. The summed E-state index contributed by atoms with van der Waals surface area (Å²) in [7, 11) is -3.53. The standard InChI is InChI=1S/C20H29NO4S/c1-3-8-18(9-4-6-15-24-20-10-5-7-16-25-20)21-26(22,23)19-13-11-17(2)12-14-19/h11-14,18,20-21H,3,5,7-10,15-16H2,1-2H3/t18-,20?/m0/s1. The molecule has 6 heteroatoms. The molecule has 0 saturated carbocycles. The highest BCUT2D eigenvalue weighted by atomic mass is 32.2. The van der Waals surface area contributed by atoms with Gasteiger partial charge in [0.1, 0.15) is 6.61 Å². The zero-order valence-electron chi connectivity index (χ0n) is 15.7. The Morgan fingerprint density at radius 2 is 2.04 bits per heavy atom. The minimum Gasteiger partial charge on any atom is -0.353 e. The molecule has 1 saturated heterocycles. The van der Waals surface area contributed by atoms with E-state index in [2.05, 4.69) is 16.6 Å². The number of aryl methyl sites for hydroxylation is 1. The van der Waals surface area contributed by atoms with Crippen molar-refractivity contribution < 1.29 is 17.9 Å². The Balaban J connectivity index is 1.85. The van der Waals surface area contributed by atoms with Crippen LogP contribution in [0.3, 0.4) is 0 Å². The maximum atomic E-state index is 12.5. The molecule has 0 bridgehead atoms. The molecule has 1 unspecified atom stereocenters. The molecule has 0 aromatic heterocycles. The summed E-state index contributed by atoms with van der Waals surface area (Å²) >= 11 is 0. The summed E-state index contributed by atoms with van der Waals surface area (Å²) < 4.78 is 38.9. The first-order valence-corrected chi connectivity index (χ1v) is 10.8. The molecule has 1 N–H and O–H groups in total. The minimum atomic E-state index is -3.53. The molecular formula is C20H29NO4S. The molecule has 1 heterocycles. The zero-order valence-corrected chi connectivity index (χ0v) is 16.5. The Kier molecular flexibility index (Phi) is 8.60. The van der Waals surface area contributed by atoms with Crippen LogP contribution in [0.1, 0.15) is 51.0 Å². The molecule has 1 aromatic rings. The van der Waals surface area contributed by atoms with E-state index in [9.17, 15) is 8.42 Å². The topological polar surface area (TPSA) is 64.6 Å². The molecule has 1 fully saturated rings. The van der Waals surface area contributed by atoms with Crippen LogP contribution >= 0.6 is 0 Å². The first kappa shape index (κ1) is 20.9. The van der Waals surface area contributed by atoms with E-state index in [0.717, 1.165) is 44.3 Å². The first-order valence-electron chi connectivity index (χ1n) is 9.29. The summed E-state index contributed by atoms with van der Waals surface area (Å²) in [5, 5.41) is 0. The third-order valence-electron chi connectivity index (χ3n) is 4.24.